The van der Waals surface area contributed by atoms with Crippen molar-refractivity contribution in [1.29, 1.82) is 0 Å². The van der Waals surface area contributed by atoms with Gasteiger partial charge in [-0.1, -0.05) is 24.3 Å². The summed E-state index contributed by atoms with van der Waals surface area (Å²) in [6.07, 6.45) is 2.34. The van der Waals surface area contributed by atoms with Crippen molar-refractivity contribution in [2.75, 3.05) is 25.2 Å². The van der Waals surface area contributed by atoms with Crippen molar-refractivity contribution in [3.63, 3.8) is 0 Å². The number of aryl methyl sites for hydroxylation is 1. The zero-order valence-corrected chi connectivity index (χ0v) is 21.3. The number of fused-ring (bicyclic) bond motifs is 1. The van der Waals surface area contributed by atoms with Gasteiger partial charge in [0.05, 0.1) is 30.4 Å². The molecule has 0 radical (unpaired) electrons. The van der Waals surface area contributed by atoms with Crippen molar-refractivity contribution in [1.82, 2.24) is 9.55 Å². The number of hydrogen-bond donors (Lipinski definition) is 0. The lowest BCUT2D eigenvalue weighted by Gasteiger charge is -2.18. The Morgan fingerprint density at radius 2 is 1.71 bits per heavy atom. The van der Waals surface area contributed by atoms with Crippen LogP contribution in [0.5, 0.6) is 11.5 Å². The van der Waals surface area contributed by atoms with Crippen LogP contribution in [0.15, 0.2) is 77.3 Å². The minimum absolute atomic E-state index is 0.0533. The number of unbranched alkanes of at least 4 members (excludes halogenated alkanes) is 1. The fourth-order valence-corrected chi connectivity index (χ4v) is 5.16. The predicted octanol–water partition coefficient (Wildman–Crippen LogP) is 6.19. The maximum Gasteiger partial charge on any atom is 0.227 e. The van der Waals surface area contributed by atoms with Gasteiger partial charge in [-0.15, -0.1) is 0 Å². The molecule has 6 nitrogen and oxygen atoms in total. The second-order valence-electron chi connectivity index (χ2n) is 8.70. The van der Waals surface area contributed by atoms with Crippen LogP contribution in [0, 0.1) is 0 Å². The van der Waals surface area contributed by atoms with E-state index in [1.54, 1.807) is 7.11 Å². The molecule has 0 spiro atoms. The number of carbonyl (C=O) groups excluding carboxylic acids is 1. The quantitative estimate of drug-likeness (QED) is 0.241. The number of benzene rings is 3. The summed E-state index contributed by atoms with van der Waals surface area (Å²) in [5, 5.41) is 0. The van der Waals surface area contributed by atoms with Gasteiger partial charge in [0.15, 0.2) is 0 Å². The Hall–Kier alpha value is -3.32. The van der Waals surface area contributed by atoms with Gasteiger partial charge in [0, 0.05) is 29.9 Å². The Bertz CT molecular complexity index is 1320. The third kappa shape index (κ3) is 5.05. The first-order chi connectivity index (χ1) is 17.1. The summed E-state index contributed by atoms with van der Waals surface area (Å²) in [5.41, 5.74) is 3.01. The highest BCUT2D eigenvalue weighted by atomic mass is 79.9. The zero-order valence-electron chi connectivity index (χ0n) is 19.7. The van der Waals surface area contributed by atoms with E-state index in [4.69, 9.17) is 14.5 Å². The largest absolute Gasteiger partial charge is 0.497 e. The van der Waals surface area contributed by atoms with Gasteiger partial charge in [0.2, 0.25) is 5.91 Å². The van der Waals surface area contributed by atoms with E-state index in [0.717, 1.165) is 57.9 Å². The van der Waals surface area contributed by atoms with E-state index >= 15 is 0 Å². The molecule has 0 aliphatic carbocycles. The molecule has 1 aliphatic heterocycles. The first-order valence-electron chi connectivity index (χ1n) is 11.9. The Labute approximate surface area is 213 Å². The van der Waals surface area contributed by atoms with E-state index in [9.17, 15) is 4.79 Å². The summed E-state index contributed by atoms with van der Waals surface area (Å²) < 4.78 is 14.3. The molecule has 1 aliphatic rings. The van der Waals surface area contributed by atoms with Crippen LogP contribution >= 0.6 is 15.9 Å². The topological polar surface area (TPSA) is 56.6 Å². The monoisotopic (exact) mass is 533 g/mol. The summed E-state index contributed by atoms with van der Waals surface area (Å²) in [6, 6.07) is 23.8. The Balaban J connectivity index is 1.28. The molecular weight excluding hydrogens is 506 g/mol. The maximum atomic E-state index is 13.0. The highest BCUT2D eigenvalue weighted by Crippen LogP contribution is 2.36. The van der Waals surface area contributed by atoms with Crippen LogP contribution in [0.2, 0.25) is 0 Å². The molecule has 7 heteroatoms. The molecule has 5 rings (SSSR count). The molecule has 1 amide bonds. The van der Waals surface area contributed by atoms with Gasteiger partial charge in [-0.25, -0.2) is 4.98 Å². The molecule has 1 fully saturated rings. The number of hydrogen-bond acceptors (Lipinski definition) is 4. The summed E-state index contributed by atoms with van der Waals surface area (Å²) >= 11 is 3.59. The number of ether oxygens (including phenoxy) is 2. The molecule has 0 N–H and O–H groups in total. The van der Waals surface area contributed by atoms with Crippen molar-refractivity contribution in [3.8, 4) is 11.5 Å². The molecule has 35 heavy (non-hydrogen) atoms. The van der Waals surface area contributed by atoms with E-state index in [0.29, 0.717) is 19.6 Å². The molecule has 4 aromatic rings. The summed E-state index contributed by atoms with van der Waals surface area (Å²) in [6.45, 7) is 2.11. The third-order valence-electron chi connectivity index (χ3n) is 6.42. The lowest BCUT2D eigenvalue weighted by Crippen LogP contribution is -2.25. The van der Waals surface area contributed by atoms with Gasteiger partial charge >= 0.3 is 0 Å². The number of anilines is 1. The van der Waals surface area contributed by atoms with Crippen molar-refractivity contribution in [2.24, 2.45) is 0 Å². The van der Waals surface area contributed by atoms with Gasteiger partial charge in [0.1, 0.15) is 17.3 Å². The van der Waals surface area contributed by atoms with Crippen LogP contribution in [-0.2, 0) is 11.3 Å². The zero-order chi connectivity index (χ0) is 24.2. The van der Waals surface area contributed by atoms with E-state index in [-0.39, 0.29) is 11.8 Å². The number of para-hydroxylation sites is 3. The van der Waals surface area contributed by atoms with Crippen LogP contribution < -0.4 is 14.4 Å². The van der Waals surface area contributed by atoms with Crippen LogP contribution in [0.25, 0.3) is 11.0 Å². The molecular formula is C28H28BrN3O3. The van der Waals surface area contributed by atoms with Crippen molar-refractivity contribution in [2.45, 2.75) is 31.7 Å². The number of aromatic nitrogens is 2. The number of rotatable bonds is 9. The van der Waals surface area contributed by atoms with Crippen molar-refractivity contribution < 1.29 is 14.3 Å². The molecule has 1 unspecified atom stereocenters. The Kier molecular flexibility index (Phi) is 7.04. The van der Waals surface area contributed by atoms with Crippen molar-refractivity contribution >= 4 is 38.6 Å². The fraction of sp³-hybridized carbons (Fsp3) is 0.286. The van der Waals surface area contributed by atoms with Gasteiger partial charge in [0.25, 0.3) is 0 Å². The van der Waals surface area contributed by atoms with E-state index in [2.05, 4.69) is 26.6 Å². The molecule has 0 saturated carbocycles. The lowest BCUT2D eigenvalue weighted by atomic mass is 10.1. The van der Waals surface area contributed by atoms with Crippen LogP contribution in [0.1, 0.15) is 31.0 Å². The molecule has 1 saturated heterocycles. The lowest BCUT2D eigenvalue weighted by molar-refractivity contribution is -0.117. The average Bonchev–Trinajstić information content (AvgIpc) is 3.45. The summed E-state index contributed by atoms with van der Waals surface area (Å²) in [7, 11) is 1.66. The van der Waals surface area contributed by atoms with E-state index < -0.39 is 0 Å². The third-order valence-corrected chi connectivity index (χ3v) is 7.09. The first-order valence-corrected chi connectivity index (χ1v) is 12.7. The maximum absolute atomic E-state index is 13.0. The normalized spacial score (nSPS) is 15.7. The Morgan fingerprint density at radius 3 is 2.51 bits per heavy atom. The smallest absolute Gasteiger partial charge is 0.227 e. The number of amides is 1. The summed E-state index contributed by atoms with van der Waals surface area (Å²) in [5.74, 6) is 2.84. The van der Waals surface area contributed by atoms with Gasteiger partial charge in [-0.2, -0.15) is 0 Å². The summed E-state index contributed by atoms with van der Waals surface area (Å²) in [4.78, 5) is 19.8. The van der Waals surface area contributed by atoms with Gasteiger partial charge < -0.3 is 18.9 Å². The second-order valence-corrected chi connectivity index (χ2v) is 9.55. The highest BCUT2D eigenvalue weighted by Gasteiger charge is 2.35. The minimum Gasteiger partial charge on any atom is -0.497 e. The molecule has 1 aromatic heterocycles. The average molecular weight is 534 g/mol. The van der Waals surface area contributed by atoms with Crippen LogP contribution in [0.4, 0.5) is 5.69 Å². The predicted molar refractivity (Wildman–Crippen MR) is 141 cm³/mol. The molecule has 180 valence electrons. The number of carbonyl (C=O) groups is 1. The van der Waals surface area contributed by atoms with Crippen LogP contribution in [-0.4, -0.2) is 35.7 Å². The number of imidazole rings is 1. The standard InChI is InChI=1S/C28H28BrN3O3/c1-34-21-12-14-22(15-13-21)35-17-7-6-16-31-26-11-5-3-9-24(26)30-28(31)20-18-27(33)32(19-20)25-10-4-2-8-23(25)29/h2-5,8-15,20H,6-7,16-19H2,1H3. The van der Waals surface area contributed by atoms with Gasteiger partial charge in [-0.3, -0.25) is 4.79 Å². The first kappa shape index (κ1) is 23.4. The second kappa shape index (κ2) is 10.5. The van der Waals surface area contributed by atoms with E-state index in [1.165, 1.54) is 0 Å². The minimum atomic E-state index is 0.0533. The fourth-order valence-electron chi connectivity index (χ4n) is 4.66. The molecule has 2 heterocycles. The van der Waals surface area contributed by atoms with E-state index in [1.807, 2.05) is 71.6 Å². The Morgan fingerprint density at radius 1 is 0.971 bits per heavy atom. The molecule has 3 aromatic carbocycles. The van der Waals surface area contributed by atoms with Crippen molar-refractivity contribution in [3.05, 3.63) is 83.1 Å². The SMILES string of the molecule is COc1ccc(OCCCCn2c(C3CC(=O)N(c4ccccc4Br)C3)nc3ccccc32)cc1. The van der Waals surface area contributed by atoms with Gasteiger partial charge in [-0.05, 0) is 77.3 Å². The number of nitrogens with zero attached hydrogens (tertiary/aromatic N) is 3. The molecule has 1 atom stereocenters. The number of halogens is 1. The molecule has 0 bridgehead atoms. The highest BCUT2D eigenvalue weighted by molar-refractivity contribution is 9.10. The van der Waals surface area contributed by atoms with Crippen LogP contribution in [0.3, 0.4) is 0 Å². The number of methoxy groups -OCH3 is 1.